The number of piperazine rings is 1. The maximum absolute atomic E-state index is 12.4. The molecule has 1 aromatic carbocycles. The van der Waals surface area contributed by atoms with Crippen LogP contribution < -0.4 is 4.74 Å². The molecular weight excluding hydrogens is 306 g/mol. The van der Waals surface area contributed by atoms with Crippen LogP contribution in [0.3, 0.4) is 0 Å². The number of aliphatic hydroxyl groups is 1. The van der Waals surface area contributed by atoms with Gasteiger partial charge in [0.15, 0.2) is 0 Å². The van der Waals surface area contributed by atoms with E-state index in [1.165, 1.54) is 0 Å². The second-order valence-corrected chi connectivity index (χ2v) is 6.68. The molecule has 2 aliphatic rings. The molecule has 24 heavy (non-hydrogen) atoms. The minimum absolute atomic E-state index is 0.0570. The van der Waals surface area contributed by atoms with Gasteiger partial charge in [-0.25, -0.2) is 0 Å². The van der Waals surface area contributed by atoms with Gasteiger partial charge < -0.3 is 19.6 Å². The van der Waals surface area contributed by atoms with E-state index < -0.39 is 6.10 Å². The van der Waals surface area contributed by atoms with E-state index in [1.54, 1.807) is 4.90 Å². The van der Waals surface area contributed by atoms with Gasteiger partial charge in [-0.15, -0.1) is 0 Å². The highest BCUT2D eigenvalue weighted by atomic mass is 16.5. The lowest BCUT2D eigenvalue weighted by Crippen LogP contribution is -2.52. The Morgan fingerprint density at radius 2 is 1.88 bits per heavy atom. The third-order valence-corrected chi connectivity index (χ3v) is 4.95. The summed E-state index contributed by atoms with van der Waals surface area (Å²) in [6.07, 6.45) is -0.107. The maximum atomic E-state index is 12.4. The molecule has 6 nitrogen and oxygen atoms in total. The molecule has 132 valence electrons. The number of β-amino-alcohol motifs (C(OH)–C–C–N with tert-alkyl or cyclic N) is 1. The van der Waals surface area contributed by atoms with E-state index in [4.69, 9.17) is 4.74 Å². The van der Waals surface area contributed by atoms with Crippen molar-refractivity contribution in [3.8, 4) is 5.75 Å². The zero-order chi connectivity index (χ0) is 16.9. The molecule has 1 N–H and O–H groups in total. The van der Waals surface area contributed by atoms with Crippen molar-refractivity contribution in [3.63, 3.8) is 0 Å². The minimum Gasteiger partial charge on any atom is -0.493 e. The number of benzene rings is 1. The van der Waals surface area contributed by atoms with Crippen LogP contribution in [0.1, 0.15) is 6.42 Å². The van der Waals surface area contributed by atoms with Crippen molar-refractivity contribution in [2.24, 2.45) is 0 Å². The number of amides is 1. The lowest BCUT2D eigenvalue weighted by Gasteiger charge is -2.37. The number of aliphatic hydroxyl groups excluding tert-OH is 1. The van der Waals surface area contributed by atoms with Gasteiger partial charge in [0.1, 0.15) is 5.75 Å². The molecule has 0 radical (unpaired) electrons. The second-order valence-electron chi connectivity index (χ2n) is 6.68. The number of carbonyl (C=O) groups is 1. The van der Waals surface area contributed by atoms with Crippen LogP contribution in [-0.4, -0.2) is 90.8 Å². The zero-order valence-corrected chi connectivity index (χ0v) is 14.3. The van der Waals surface area contributed by atoms with Crippen molar-refractivity contribution < 1.29 is 14.6 Å². The molecule has 0 unspecified atom stereocenters. The summed E-state index contributed by atoms with van der Waals surface area (Å²) >= 11 is 0. The van der Waals surface area contributed by atoms with E-state index in [-0.39, 0.29) is 11.9 Å². The van der Waals surface area contributed by atoms with Gasteiger partial charge in [-0.2, -0.15) is 0 Å². The summed E-state index contributed by atoms with van der Waals surface area (Å²) in [5, 5.41) is 10.3. The number of carbonyl (C=O) groups excluding carboxylic acids is 1. The molecule has 0 saturated carbocycles. The molecule has 2 saturated heterocycles. The first-order chi connectivity index (χ1) is 11.6. The zero-order valence-electron chi connectivity index (χ0n) is 14.3. The molecule has 2 aliphatic heterocycles. The van der Waals surface area contributed by atoms with Crippen LogP contribution in [0.2, 0.25) is 0 Å². The van der Waals surface area contributed by atoms with Gasteiger partial charge in [-0.1, -0.05) is 18.2 Å². The Bertz CT molecular complexity index is 532. The van der Waals surface area contributed by atoms with E-state index in [0.717, 1.165) is 31.9 Å². The molecule has 0 aromatic heterocycles. The highest BCUT2D eigenvalue weighted by molar-refractivity contribution is 5.76. The largest absolute Gasteiger partial charge is 0.493 e. The molecule has 0 spiro atoms. The van der Waals surface area contributed by atoms with Crippen molar-refractivity contribution in [1.29, 1.82) is 0 Å². The Hall–Kier alpha value is -1.63. The van der Waals surface area contributed by atoms with E-state index in [1.807, 2.05) is 30.3 Å². The Morgan fingerprint density at radius 1 is 1.17 bits per heavy atom. The topological polar surface area (TPSA) is 56.2 Å². The van der Waals surface area contributed by atoms with Crippen LogP contribution in [0.25, 0.3) is 0 Å². The molecule has 0 bridgehead atoms. The second kappa shape index (κ2) is 7.96. The number of para-hydroxylation sites is 1. The van der Waals surface area contributed by atoms with Gasteiger partial charge in [-0.3, -0.25) is 9.69 Å². The number of hydrogen-bond donors (Lipinski definition) is 1. The van der Waals surface area contributed by atoms with Crippen LogP contribution in [0.15, 0.2) is 30.3 Å². The van der Waals surface area contributed by atoms with E-state index in [0.29, 0.717) is 26.1 Å². The van der Waals surface area contributed by atoms with Crippen LogP contribution in [0.4, 0.5) is 0 Å². The number of hydrogen-bond acceptors (Lipinski definition) is 5. The molecule has 1 aromatic rings. The monoisotopic (exact) mass is 333 g/mol. The summed E-state index contributed by atoms with van der Waals surface area (Å²) in [5.41, 5.74) is 0. The molecule has 0 aliphatic carbocycles. The van der Waals surface area contributed by atoms with Gasteiger partial charge in [0.2, 0.25) is 5.91 Å². The molecule has 2 heterocycles. The minimum atomic E-state index is -0.451. The van der Waals surface area contributed by atoms with Crippen LogP contribution in [0.5, 0.6) is 5.75 Å². The van der Waals surface area contributed by atoms with Crippen LogP contribution >= 0.6 is 0 Å². The van der Waals surface area contributed by atoms with E-state index in [9.17, 15) is 9.90 Å². The van der Waals surface area contributed by atoms with Crippen LogP contribution in [0, 0.1) is 0 Å². The van der Waals surface area contributed by atoms with Crippen molar-refractivity contribution >= 4 is 5.91 Å². The summed E-state index contributed by atoms with van der Waals surface area (Å²) in [4.78, 5) is 18.8. The number of likely N-dealkylation sites (tertiary alicyclic amines) is 1. The first kappa shape index (κ1) is 17.2. The SMILES string of the molecule is CN1CCN([C@@H]2CN(C(=O)CCOc3ccccc3)C[C@H]2O)CC1. The van der Waals surface area contributed by atoms with Gasteiger partial charge in [0, 0.05) is 39.3 Å². The van der Waals surface area contributed by atoms with Crippen molar-refractivity contribution in [3.05, 3.63) is 30.3 Å². The lowest BCUT2D eigenvalue weighted by atomic mass is 10.1. The van der Waals surface area contributed by atoms with Crippen molar-refractivity contribution in [1.82, 2.24) is 14.7 Å². The van der Waals surface area contributed by atoms with Crippen LogP contribution in [-0.2, 0) is 4.79 Å². The Kier molecular flexibility index (Phi) is 5.71. The third-order valence-electron chi connectivity index (χ3n) is 4.95. The van der Waals surface area contributed by atoms with Gasteiger partial charge in [0.25, 0.3) is 0 Å². The number of nitrogens with zero attached hydrogens (tertiary/aromatic N) is 3. The smallest absolute Gasteiger partial charge is 0.226 e. The first-order valence-corrected chi connectivity index (χ1v) is 8.70. The standard InChI is InChI=1S/C18H27N3O3/c1-19-8-10-20(11-9-19)16-13-21(14-17(16)22)18(23)7-12-24-15-5-3-2-4-6-15/h2-6,16-17,22H,7-14H2,1H3/t16-,17-/m1/s1. The van der Waals surface area contributed by atoms with Gasteiger partial charge >= 0.3 is 0 Å². The average Bonchev–Trinajstić information content (AvgIpc) is 2.98. The quantitative estimate of drug-likeness (QED) is 0.839. The molecule has 2 fully saturated rings. The first-order valence-electron chi connectivity index (χ1n) is 8.70. The summed E-state index contributed by atoms with van der Waals surface area (Å²) in [6.45, 7) is 5.36. The fourth-order valence-electron chi connectivity index (χ4n) is 3.42. The third kappa shape index (κ3) is 4.26. The molecule has 1 amide bonds. The fraction of sp³-hybridized carbons (Fsp3) is 0.611. The molecule has 6 heteroatoms. The number of rotatable bonds is 5. The predicted octanol–water partition coefficient (Wildman–Crippen LogP) is 0.275. The Morgan fingerprint density at radius 3 is 2.58 bits per heavy atom. The fourth-order valence-corrected chi connectivity index (χ4v) is 3.42. The van der Waals surface area contributed by atoms with Gasteiger partial charge in [0.05, 0.1) is 25.2 Å². The maximum Gasteiger partial charge on any atom is 0.226 e. The van der Waals surface area contributed by atoms with E-state index in [2.05, 4.69) is 16.8 Å². The predicted molar refractivity (Wildman–Crippen MR) is 92.0 cm³/mol. The Balaban J connectivity index is 1.44. The van der Waals surface area contributed by atoms with Gasteiger partial charge in [-0.05, 0) is 19.2 Å². The summed E-state index contributed by atoms with van der Waals surface area (Å²) in [7, 11) is 2.12. The summed E-state index contributed by atoms with van der Waals surface area (Å²) in [6, 6.07) is 9.59. The molecule has 3 rings (SSSR count). The molecular formula is C18H27N3O3. The lowest BCUT2D eigenvalue weighted by molar-refractivity contribution is -0.131. The number of ether oxygens (including phenoxy) is 1. The highest BCUT2D eigenvalue weighted by Gasteiger charge is 2.38. The van der Waals surface area contributed by atoms with Crippen molar-refractivity contribution in [2.75, 3.05) is 52.9 Å². The van der Waals surface area contributed by atoms with E-state index >= 15 is 0 Å². The average molecular weight is 333 g/mol. The normalized spacial score (nSPS) is 25.8. The summed E-state index contributed by atoms with van der Waals surface area (Å²) < 4.78 is 5.59. The van der Waals surface area contributed by atoms with Crippen molar-refractivity contribution in [2.45, 2.75) is 18.6 Å². The number of likely N-dealkylation sites (N-methyl/N-ethyl adjacent to an activating group) is 1. The highest BCUT2D eigenvalue weighted by Crippen LogP contribution is 2.19. The Labute approximate surface area is 143 Å². The summed E-state index contributed by atoms with van der Waals surface area (Å²) in [5.74, 6) is 0.837. The molecule has 2 atom stereocenters.